The zero-order valence-electron chi connectivity index (χ0n) is 6.95. The summed E-state index contributed by atoms with van der Waals surface area (Å²) in [5, 5.41) is 19.1. The maximum absolute atomic E-state index is 12.4. The third kappa shape index (κ3) is 2.07. The number of nitro groups is 1. The molecule has 15 heavy (non-hydrogen) atoms. The van der Waals surface area contributed by atoms with Crippen molar-refractivity contribution in [3.63, 3.8) is 0 Å². The highest BCUT2D eigenvalue weighted by Crippen LogP contribution is 2.32. The lowest BCUT2D eigenvalue weighted by atomic mass is 10.1. The topological polar surface area (TPSA) is 79.8 Å². The second kappa shape index (κ2) is 4.27. The Morgan fingerprint density at radius 1 is 1.67 bits per heavy atom. The third-order valence-electron chi connectivity index (χ3n) is 1.57. The molecule has 0 radical (unpaired) electrons. The van der Waals surface area contributed by atoms with Crippen LogP contribution in [-0.4, -0.2) is 9.91 Å². The van der Waals surface area contributed by atoms with Gasteiger partial charge in [0.1, 0.15) is 11.6 Å². The Morgan fingerprint density at radius 3 is 2.67 bits per heavy atom. The summed E-state index contributed by atoms with van der Waals surface area (Å²) >= 11 is 2.72. The van der Waals surface area contributed by atoms with Gasteiger partial charge in [-0.05, 0) is 15.9 Å². The van der Waals surface area contributed by atoms with Crippen LogP contribution >= 0.6 is 15.9 Å². The standard InChI is InChI=1S/C7H2BrF2N3O2/c8-6-5(13(14)15)3(1-11)4(2-12-6)7(9)10/h2,7H. The summed E-state index contributed by atoms with van der Waals surface area (Å²) in [6.45, 7) is 0. The molecule has 8 heteroatoms. The first-order valence-corrected chi connectivity index (χ1v) is 4.29. The summed E-state index contributed by atoms with van der Waals surface area (Å²) in [4.78, 5) is 13.0. The van der Waals surface area contributed by atoms with Crippen molar-refractivity contribution >= 4 is 21.6 Å². The molecule has 0 saturated heterocycles. The van der Waals surface area contributed by atoms with Gasteiger partial charge in [-0.1, -0.05) is 0 Å². The molecule has 0 aliphatic carbocycles. The predicted molar refractivity (Wildman–Crippen MR) is 48.3 cm³/mol. The molecular weight excluding hydrogens is 276 g/mol. The normalized spacial score (nSPS) is 10.1. The van der Waals surface area contributed by atoms with Gasteiger partial charge in [-0.3, -0.25) is 10.1 Å². The van der Waals surface area contributed by atoms with Gasteiger partial charge in [-0.15, -0.1) is 0 Å². The van der Waals surface area contributed by atoms with Gasteiger partial charge in [0.15, 0.2) is 4.60 Å². The van der Waals surface area contributed by atoms with Crippen LogP contribution in [0, 0.1) is 21.4 Å². The van der Waals surface area contributed by atoms with Crippen LogP contribution in [0.4, 0.5) is 14.5 Å². The molecule has 0 atom stereocenters. The molecule has 0 spiro atoms. The molecule has 0 bridgehead atoms. The van der Waals surface area contributed by atoms with E-state index in [4.69, 9.17) is 5.26 Å². The van der Waals surface area contributed by atoms with E-state index in [-0.39, 0.29) is 4.60 Å². The Labute approximate surface area is 90.6 Å². The second-order valence-electron chi connectivity index (χ2n) is 2.40. The first-order valence-electron chi connectivity index (χ1n) is 3.50. The number of hydrogen-bond donors (Lipinski definition) is 0. The fraction of sp³-hybridized carbons (Fsp3) is 0.143. The smallest absolute Gasteiger partial charge is 0.258 e. The number of rotatable bonds is 2. The molecule has 5 nitrogen and oxygen atoms in total. The first kappa shape index (κ1) is 11.5. The van der Waals surface area contributed by atoms with Crippen molar-refractivity contribution in [1.82, 2.24) is 4.98 Å². The van der Waals surface area contributed by atoms with Crippen LogP contribution in [0.1, 0.15) is 17.6 Å². The van der Waals surface area contributed by atoms with E-state index in [1.54, 1.807) is 0 Å². The van der Waals surface area contributed by atoms with Crippen LogP contribution in [0.3, 0.4) is 0 Å². The number of hydrogen-bond acceptors (Lipinski definition) is 4. The quantitative estimate of drug-likeness (QED) is 0.473. The van der Waals surface area contributed by atoms with Gasteiger partial charge in [0.2, 0.25) is 0 Å². The molecule has 78 valence electrons. The number of aromatic nitrogens is 1. The van der Waals surface area contributed by atoms with Crippen LogP contribution in [-0.2, 0) is 0 Å². The van der Waals surface area contributed by atoms with E-state index in [0.717, 1.165) is 6.20 Å². The van der Waals surface area contributed by atoms with Gasteiger partial charge in [-0.2, -0.15) is 5.26 Å². The Balaban J connectivity index is 3.56. The monoisotopic (exact) mass is 277 g/mol. The van der Waals surface area contributed by atoms with Crippen molar-refractivity contribution in [2.24, 2.45) is 0 Å². The molecule has 1 aromatic heterocycles. The van der Waals surface area contributed by atoms with Crippen molar-refractivity contribution in [3.05, 3.63) is 32.0 Å². The molecule has 0 amide bonds. The van der Waals surface area contributed by atoms with E-state index in [1.807, 2.05) is 0 Å². The molecule has 0 aromatic carbocycles. The van der Waals surface area contributed by atoms with Crippen LogP contribution in [0.5, 0.6) is 0 Å². The minimum absolute atomic E-state index is 0.242. The highest BCUT2D eigenvalue weighted by molar-refractivity contribution is 9.10. The fourth-order valence-corrected chi connectivity index (χ4v) is 1.39. The van der Waals surface area contributed by atoms with Crippen LogP contribution in [0.25, 0.3) is 0 Å². The molecular formula is C7H2BrF2N3O2. The average Bonchev–Trinajstić information content (AvgIpc) is 2.15. The van der Waals surface area contributed by atoms with Gasteiger partial charge in [0.25, 0.3) is 6.43 Å². The maximum atomic E-state index is 12.4. The SMILES string of the molecule is N#Cc1c(C(F)F)cnc(Br)c1[N+](=O)[O-]. The molecule has 0 N–H and O–H groups in total. The molecule has 0 saturated carbocycles. The van der Waals surface area contributed by atoms with E-state index < -0.39 is 28.2 Å². The zero-order valence-corrected chi connectivity index (χ0v) is 8.53. The van der Waals surface area contributed by atoms with Crippen LogP contribution in [0.15, 0.2) is 10.8 Å². The summed E-state index contributed by atoms with van der Waals surface area (Å²) in [6, 6.07) is 1.38. The Hall–Kier alpha value is -1.62. The lowest BCUT2D eigenvalue weighted by Crippen LogP contribution is -2.01. The minimum Gasteiger partial charge on any atom is -0.258 e. The summed E-state index contributed by atoms with van der Waals surface area (Å²) in [6.07, 6.45) is -2.24. The van der Waals surface area contributed by atoms with Crippen molar-refractivity contribution < 1.29 is 13.7 Å². The summed E-state index contributed by atoms with van der Waals surface area (Å²) in [5.74, 6) is 0. The van der Waals surface area contributed by atoms with Gasteiger partial charge in [0.05, 0.1) is 10.5 Å². The summed E-state index contributed by atoms with van der Waals surface area (Å²) in [7, 11) is 0. The minimum atomic E-state index is -2.97. The third-order valence-corrected chi connectivity index (χ3v) is 2.15. The van der Waals surface area contributed by atoms with Gasteiger partial charge < -0.3 is 0 Å². The highest BCUT2D eigenvalue weighted by atomic mass is 79.9. The number of nitrogens with zero attached hydrogens (tertiary/aromatic N) is 3. The summed E-state index contributed by atoms with van der Waals surface area (Å²) < 4.78 is 24.5. The lowest BCUT2D eigenvalue weighted by Gasteiger charge is -2.03. The van der Waals surface area contributed by atoms with Gasteiger partial charge in [0, 0.05) is 6.20 Å². The largest absolute Gasteiger partial charge is 0.320 e. The first-order chi connectivity index (χ1) is 6.99. The molecule has 0 aliphatic rings. The van der Waals surface area contributed by atoms with Gasteiger partial charge >= 0.3 is 5.69 Å². The molecule has 0 aliphatic heterocycles. The molecule has 1 aromatic rings. The Morgan fingerprint density at radius 2 is 2.27 bits per heavy atom. The zero-order chi connectivity index (χ0) is 11.6. The molecule has 1 rings (SSSR count). The number of alkyl halides is 2. The maximum Gasteiger partial charge on any atom is 0.320 e. The fourth-order valence-electron chi connectivity index (χ4n) is 0.941. The van der Waals surface area contributed by atoms with Crippen LogP contribution < -0.4 is 0 Å². The van der Waals surface area contributed by atoms with Gasteiger partial charge in [-0.25, -0.2) is 13.8 Å². The lowest BCUT2D eigenvalue weighted by molar-refractivity contribution is -0.386. The van der Waals surface area contributed by atoms with Crippen molar-refractivity contribution in [1.29, 1.82) is 5.26 Å². The molecule has 0 fully saturated rings. The van der Waals surface area contributed by atoms with Crippen molar-refractivity contribution in [3.8, 4) is 6.07 Å². The average molecular weight is 278 g/mol. The van der Waals surface area contributed by atoms with E-state index in [1.165, 1.54) is 6.07 Å². The summed E-state index contributed by atoms with van der Waals surface area (Å²) in [5.41, 5.74) is -2.15. The number of halogens is 3. The number of nitriles is 1. The second-order valence-corrected chi connectivity index (χ2v) is 3.15. The molecule has 0 unspecified atom stereocenters. The Kier molecular flexibility index (Phi) is 3.26. The van der Waals surface area contributed by atoms with E-state index in [0.29, 0.717) is 0 Å². The van der Waals surface area contributed by atoms with Crippen LogP contribution in [0.2, 0.25) is 0 Å². The Bertz CT molecular complexity index is 458. The van der Waals surface area contributed by atoms with Crippen molar-refractivity contribution in [2.45, 2.75) is 6.43 Å². The van der Waals surface area contributed by atoms with Crippen molar-refractivity contribution in [2.75, 3.05) is 0 Å². The van der Waals surface area contributed by atoms with E-state index in [2.05, 4.69) is 20.9 Å². The highest BCUT2D eigenvalue weighted by Gasteiger charge is 2.26. The van der Waals surface area contributed by atoms with E-state index in [9.17, 15) is 18.9 Å². The predicted octanol–water partition coefficient (Wildman–Crippen LogP) is 2.56. The molecule has 1 heterocycles. The van der Waals surface area contributed by atoms with E-state index >= 15 is 0 Å². The number of pyridine rings is 1.